The number of aromatic nitrogens is 4. The molecule has 0 atom stereocenters. The number of imidazole rings is 2. The van der Waals surface area contributed by atoms with Crippen LogP contribution in [0, 0.1) is 0 Å². The van der Waals surface area contributed by atoms with Crippen molar-refractivity contribution in [2.24, 2.45) is 0 Å². The molecule has 13 rings (SSSR count). The second-order valence-electron chi connectivity index (χ2n) is 18.7. The molecule has 0 amide bonds. The predicted molar refractivity (Wildman–Crippen MR) is 286 cm³/mol. The Labute approximate surface area is 402 Å². The van der Waals surface area contributed by atoms with E-state index >= 15 is 0 Å². The van der Waals surface area contributed by atoms with Crippen molar-refractivity contribution in [3.8, 4) is 89.8 Å². The van der Waals surface area contributed by atoms with Gasteiger partial charge in [0, 0.05) is 27.9 Å². The Morgan fingerprint density at radius 3 is 1.23 bits per heavy atom. The topological polar surface area (TPSA) is 35.6 Å². The van der Waals surface area contributed by atoms with Crippen LogP contribution in [0.1, 0.15) is 25.0 Å². The molecule has 4 nitrogen and oxygen atoms in total. The third kappa shape index (κ3) is 6.91. The van der Waals surface area contributed by atoms with Crippen molar-refractivity contribution >= 4 is 22.1 Å². The average Bonchev–Trinajstić information content (AvgIpc) is 4.07. The van der Waals surface area contributed by atoms with E-state index in [-0.39, 0.29) is 5.41 Å². The van der Waals surface area contributed by atoms with Gasteiger partial charge in [-0.1, -0.05) is 178 Å². The van der Waals surface area contributed by atoms with Crippen LogP contribution in [0.3, 0.4) is 0 Å². The molecule has 0 radical (unpaired) electrons. The lowest BCUT2D eigenvalue weighted by Crippen LogP contribution is -2.14. The number of hydrogen-bond acceptors (Lipinski definition) is 2. The number of nitrogens with zero attached hydrogens (tertiary/aromatic N) is 4. The van der Waals surface area contributed by atoms with Gasteiger partial charge in [-0.15, -0.1) is 0 Å². The Balaban J connectivity index is 0.923. The molecule has 0 unspecified atom stereocenters. The molecule has 1 aliphatic carbocycles. The molecule has 2 aromatic heterocycles. The van der Waals surface area contributed by atoms with Gasteiger partial charge in [0.15, 0.2) is 0 Å². The Morgan fingerprint density at radius 2 is 0.681 bits per heavy atom. The Kier molecular flexibility index (Phi) is 9.48. The zero-order chi connectivity index (χ0) is 46.1. The van der Waals surface area contributed by atoms with Crippen LogP contribution < -0.4 is 0 Å². The van der Waals surface area contributed by atoms with Crippen molar-refractivity contribution in [2.45, 2.75) is 19.3 Å². The Hall–Kier alpha value is -8.86. The zero-order valence-corrected chi connectivity index (χ0v) is 38.4. The van der Waals surface area contributed by atoms with Gasteiger partial charge < -0.3 is 0 Å². The van der Waals surface area contributed by atoms with Crippen LogP contribution in [-0.4, -0.2) is 19.1 Å². The van der Waals surface area contributed by atoms with Gasteiger partial charge in [0.05, 0.1) is 22.1 Å². The lowest BCUT2D eigenvalue weighted by Gasteiger charge is -2.22. The molecule has 4 heteroatoms. The summed E-state index contributed by atoms with van der Waals surface area (Å²) in [5.74, 6) is 1.85. The molecule has 2 heterocycles. The smallest absolute Gasteiger partial charge is 0.145 e. The molecular weight excluding hydrogens is 837 g/mol. The van der Waals surface area contributed by atoms with Crippen molar-refractivity contribution < 1.29 is 0 Å². The van der Waals surface area contributed by atoms with E-state index in [1.54, 1.807) is 0 Å². The van der Waals surface area contributed by atoms with E-state index in [4.69, 9.17) is 9.97 Å². The molecule has 1 aliphatic rings. The molecule has 10 aromatic carbocycles. The van der Waals surface area contributed by atoms with Crippen LogP contribution in [0.25, 0.3) is 112 Å². The second-order valence-corrected chi connectivity index (χ2v) is 18.7. The van der Waals surface area contributed by atoms with Crippen LogP contribution in [0.5, 0.6) is 0 Å². The van der Waals surface area contributed by atoms with E-state index in [2.05, 4.69) is 254 Å². The van der Waals surface area contributed by atoms with E-state index in [0.717, 1.165) is 84.0 Å². The fourth-order valence-corrected chi connectivity index (χ4v) is 10.6. The maximum absolute atomic E-state index is 5.11. The first kappa shape index (κ1) is 40.4. The summed E-state index contributed by atoms with van der Waals surface area (Å²) in [7, 11) is 0. The highest BCUT2D eigenvalue weighted by Crippen LogP contribution is 2.50. The minimum atomic E-state index is -0.0734. The lowest BCUT2D eigenvalue weighted by atomic mass is 9.81. The summed E-state index contributed by atoms with van der Waals surface area (Å²) in [6, 6.07) is 87.5. The van der Waals surface area contributed by atoms with Crippen LogP contribution in [0.15, 0.2) is 243 Å². The normalized spacial score (nSPS) is 12.6. The highest BCUT2D eigenvalue weighted by molar-refractivity contribution is 5.88. The first-order valence-corrected chi connectivity index (χ1v) is 23.7. The molecular formula is C65H46N4. The van der Waals surface area contributed by atoms with Gasteiger partial charge in [0.25, 0.3) is 0 Å². The molecule has 326 valence electrons. The highest BCUT2D eigenvalue weighted by atomic mass is 15.1. The van der Waals surface area contributed by atoms with Crippen molar-refractivity contribution in [3.05, 3.63) is 254 Å². The molecule has 0 fully saturated rings. The molecule has 12 aromatic rings. The first-order valence-electron chi connectivity index (χ1n) is 23.7. The maximum Gasteiger partial charge on any atom is 0.145 e. The SMILES string of the molecule is CC1(C)c2ccccc2-c2ccc(-c3cccc(-c4cc(-c5ccc(-n6c(-c7ccccc7)nc7ccccc76)cc5)cc(-c5ccc(-n6c(-c7ccccc7)nc7ccccc76)cc5)c4)c3)cc21. The van der Waals surface area contributed by atoms with Crippen molar-refractivity contribution in [1.82, 2.24) is 19.1 Å². The lowest BCUT2D eigenvalue weighted by molar-refractivity contribution is 0.660. The first-order chi connectivity index (χ1) is 33.9. The zero-order valence-electron chi connectivity index (χ0n) is 38.4. The third-order valence-corrected chi connectivity index (χ3v) is 14.1. The molecule has 0 N–H and O–H groups in total. The summed E-state index contributed by atoms with van der Waals surface area (Å²) in [6.45, 7) is 4.70. The quantitative estimate of drug-likeness (QED) is 0.152. The number of fused-ring (bicyclic) bond motifs is 5. The van der Waals surface area contributed by atoms with E-state index < -0.39 is 0 Å². The van der Waals surface area contributed by atoms with E-state index in [1.165, 1.54) is 38.9 Å². The number of hydrogen-bond donors (Lipinski definition) is 0. The third-order valence-electron chi connectivity index (χ3n) is 14.1. The van der Waals surface area contributed by atoms with Crippen molar-refractivity contribution in [3.63, 3.8) is 0 Å². The van der Waals surface area contributed by atoms with Crippen molar-refractivity contribution in [1.29, 1.82) is 0 Å². The molecule has 0 spiro atoms. The number of rotatable bonds is 8. The van der Waals surface area contributed by atoms with Crippen molar-refractivity contribution in [2.75, 3.05) is 0 Å². The predicted octanol–water partition coefficient (Wildman–Crippen LogP) is 16.7. The summed E-state index contributed by atoms with van der Waals surface area (Å²) in [5.41, 5.74) is 23.1. The summed E-state index contributed by atoms with van der Waals surface area (Å²) in [6.07, 6.45) is 0. The molecule has 69 heavy (non-hydrogen) atoms. The standard InChI is InChI=1S/C65H46N4/c1-65(2)57-23-10-9-22-55(57)56-37-32-49(42-58(56)65)47-20-15-21-48(38-47)52-40-50(43-28-33-53(34-29-43)68-61-26-13-11-24-59(61)66-63(68)45-16-5-3-6-17-45)39-51(41-52)44-30-35-54(36-31-44)69-62-27-14-12-25-60(62)67-64(69)46-18-7-4-8-19-46/h3-42H,1-2H3. The molecule has 0 bridgehead atoms. The van der Waals surface area contributed by atoms with Gasteiger partial charge in [-0.2, -0.15) is 0 Å². The van der Waals surface area contributed by atoms with Gasteiger partial charge in [-0.3, -0.25) is 9.13 Å². The largest absolute Gasteiger partial charge is 0.292 e. The van der Waals surface area contributed by atoms with E-state index in [9.17, 15) is 0 Å². The van der Waals surface area contributed by atoms with Crippen LogP contribution in [0.4, 0.5) is 0 Å². The average molecular weight is 883 g/mol. The fraction of sp³-hybridized carbons (Fsp3) is 0.0462. The van der Waals surface area contributed by atoms with Crippen LogP contribution in [-0.2, 0) is 5.41 Å². The Bertz CT molecular complexity index is 3720. The molecule has 0 aliphatic heterocycles. The second kappa shape index (κ2) is 16.2. The summed E-state index contributed by atoms with van der Waals surface area (Å²) < 4.78 is 4.55. The van der Waals surface area contributed by atoms with Gasteiger partial charge in [-0.25, -0.2) is 9.97 Å². The molecule has 0 saturated carbocycles. The minimum absolute atomic E-state index is 0.0734. The summed E-state index contributed by atoms with van der Waals surface area (Å²) >= 11 is 0. The van der Waals surface area contributed by atoms with Crippen LogP contribution >= 0.6 is 0 Å². The Morgan fingerprint density at radius 1 is 0.290 bits per heavy atom. The number of para-hydroxylation sites is 4. The van der Waals surface area contributed by atoms with Gasteiger partial charge in [-0.05, 0) is 146 Å². The highest BCUT2D eigenvalue weighted by Gasteiger charge is 2.35. The van der Waals surface area contributed by atoms with Crippen LogP contribution in [0.2, 0.25) is 0 Å². The fourth-order valence-electron chi connectivity index (χ4n) is 10.6. The molecule has 0 saturated heterocycles. The van der Waals surface area contributed by atoms with Gasteiger partial charge in [0.2, 0.25) is 0 Å². The summed E-state index contributed by atoms with van der Waals surface area (Å²) in [4.78, 5) is 10.2. The maximum atomic E-state index is 5.11. The van der Waals surface area contributed by atoms with Gasteiger partial charge in [0.1, 0.15) is 11.6 Å². The monoisotopic (exact) mass is 882 g/mol. The van der Waals surface area contributed by atoms with E-state index in [1.807, 2.05) is 12.1 Å². The minimum Gasteiger partial charge on any atom is -0.292 e. The summed E-state index contributed by atoms with van der Waals surface area (Å²) in [5, 5.41) is 0. The number of benzene rings is 10. The van der Waals surface area contributed by atoms with E-state index in [0.29, 0.717) is 0 Å². The van der Waals surface area contributed by atoms with Gasteiger partial charge >= 0.3 is 0 Å².